The quantitative estimate of drug-likeness (QED) is 0.676. The van der Waals surface area contributed by atoms with Crippen molar-refractivity contribution in [1.29, 1.82) is 0 Å². The van der Waals surface area contributed by atoms with Crippen molar-refractivity contribution in [1.82, 2.24) is 0 Å². The monoisotopic (exact) mass is 249 g/mol. The van der Waals surface area contributed by atoms with Crippen molar-refractivity contribution in [2.75, 3.05) is 6.54 Å². The van der Waals surface area contributed by atoms with Crippen LogP contribution in [-0.2, 0) is 0 Å². The molecule has 1 aromatic carbocycles. The van der Waals surface area contributed by atoms with E-state index in [1.54, 1.807) is 0 Å². The average molecular weight is 249 g/mol. The predicted molar refractivity (Wildman–Crippen MR) is 83.0 cm³/mol. The Kier molecular flexibility index (Phi) is 12.1. The minimum Gasteiger partial charge on any atom is -0.330 e. The summed E-state index contributed by atoms with van der Waals surface area (Å²) in [4.78, 5) is 0. The zero-order chi connectivity index (χ0) is 13.6. The van der Waals surface area contributed by atoms with Gasteiger partial charge in [-0.05, 0) is 26.8 Å². The maximum Gasteiger partial charge on any atom is -0.00773 e. The molecule has 18 heavy (non-hydrogen) atoms. The highest BCUT2D eigenvalue weighted by Crippen LogP contribution is 2.05. The second kappa shape index (κ2) is 12.6. The smallest absolute Gasteiger partial charge is 0.00773 e. The molecular weight excluding hydrogens is 218 g/mol. The summed E-state index contributed by atoms with van der Waals surface area (Å²) in [6, 6.07) is 8.48. The molecule has 0 fully saturated rings. The van der Waals surface area contributed by atoms with Crippen LogP contribution in [-0.4, -0.2) is 6.54 Å². The van der Waals surface area contributed by atoms with E-state index in [2.05, 4.69) is 45.0 Å². The molecule has 0 amide bonds. The molecule has 1 nitrogen and oxygen atoms in total. The van der Waals surface area contributed by atoms with Gasteiger partial charge in [-0.15, -0.1) is 0 Å². The summed E-state index contributed by atoms with van der Waals surface area (Å²) in [7, 11) is 0. The highest BCUT2D eigenvalue weighted by Gasteiger charge is 1.87. The van der Waals surface area contributed by atoms with E-state index in [-0.39, 0.29) is 0 Å². The van der Waals surface area contributed by atoms with Crippen molar-refractivity contribution < 1.29 is 0 Å². The maximum atomic E-state index is 5.37. The SMILES string of the molecule is CCCCCCCCCN.Cc1ccc(C)cc1. The summed E-state index contributed by atoms with van der Waals surface area (Å²) in [5.74, 6) is 0. The zero-order valence-corrected chi connectivity index (χ0v) is 12.5. The highest BCUT2D eigenvalue weighted by molar-refractivity contribution is 5.19. The second-order valence-electron chi connectivity index (χ2n) is 5.06. The van der Waals surface area contributed by atoms with Gasteiger partial charge in [-0.25, -0.2) is 0 Å². The number of rotatable bonds is 7. The molecule has 0 atom stereocenters. The molecule has 1 rings (SSSR count). The van der Waals surface area contributed by atoms with Crippen LogP contribution in [0.3, 0.4) is 0 Å². The summed E-state index contributed by atoms with van der Waals surface area (Å²) in [6.45, 7) is 7.31. The van der Waals surface area contributed by atoms with E-state index in [9.17, 15) is 0 Å². The summed E-state index contributed by atoms with van der Waals surface area (Å²) >= 11 is 0. The van der Waals surface area contributed by atoms with Gasteiger partial charge in [0.15, 0.2) is 0 Å². The van der Waals surface area contributed by atoms with Gasteiger partial charge in [0, 0.05) is 0 Å². The summed E-state index contributed by atoms with van der Waals surface area (Å²) < 4.78 is 0. The molecule has 0 saturated carbocycles. The minimum absolute atomic E-state index is 0.869. The fraction of sp³-hybridized carbons (Fsp3) is 0.647. The van der Waals surface area contributed by atoms with Crippen molar-refractivity contribution in [2.24, 2.45) is 5.73 Å². The number of hydrogen-bond donors (Lipinski definition) is 1. The van der Waals surface area contributed by atoms with E-state index in [0.29, 0.717) is 0 Å². The van der Waals surface area contributed by atoms with Crippen molar-refractivity contribution in [2.45, 2.75) is 65.7 Å². The second-order valence-corrected chi connectivity index (χ2v) is 5.06. The van der Waals surface area contributed by atoms with Crippen LogP contribution in [0.25, 0.3) is 0 Å². The molecule has 0 bridgehead atoms. The van der Waals surface area contributed by atoms with Crippen molar-refractivity contribution >= 4 is 0 Å². The fourth-order valence-corrected chi connectivity index (χ4v) is 1.74. The third-order valence-electron chi connectivity index (χ3n) is 3.03. The number of aryl methyl sites for hydroxylation is 2. The van der Waals surface area contributed by atoms with Crippen molar-refractivity contribution in [3.8, 4) is 0 Å². The number of benzene rings is 1. The molecule has 0 saturated heterocycles. The van der Waals surface area contributed by atoms with Gasteiger partial charge in [-0.3, -0.25) is 0 Å². The lowest BCUT2D eigenvalue weighted by Crippen LogP contribution is -1.97. The van der Waals surface area contributed by atoms with Gasteiger partial charge in [0.05, 0.1) is 0 Å². The largest absolute Gasteiger partial charge is 0.330 e. The van der Waals surface area contributed by atoms with E-state index in [4.69, 9.17) is 5.73 Å². The van der Waals surface area contributed by atoms with Gasteiger partial charge in [0.2, 0.25) is 0 Å². The lowest BCUT2D eigenvalue weighted by Gasteiger charge is -1.97. The van der Waals surface area contributed by atoms with E-state index >= 15 is 0 Å². The first-order valence-electron chi connectivity index (χ1n) is 7.44. The van der Waals surface area contributed by atoms with Gasteiger partial charge in [-0.1, -0.05) is 80.8 Å². The topological polar surface area (TPSA) is 26.0 Å². The van der Waals surface area contributed by atoms with Gasteiger partial charge in [-0.2, -0.15) is 0 Å². The highest BCUT2D eigenvalue weighted by atomic mass is 14.5. The van der Waals surface area contributed by atoms with Gasteiger partial charge in [0.25, 0.3) is 0 Å². The summed E-state index contributed by atoms with van der Waals surface area (Å²) in [6.07, 6.45) is 9.51. The Morgan fingerprint density at radius 2 is 1.11 bits per heavy atom. The van der Waals surface area contributed by atoms with Crippen LogP contribution in [0.4, 0.5) is 0 Å². The zero-order valence-electron chi connectivity index (χ0n) is 12.5. The standard InChI is InChI=1S/C9H21N.C8H10/c1-2-3-4-5-6-7-8-9-10;1-7-3-5-8(2)6-4-7/h2-10H2,1H3;3-6H,1-2H3. The van der Waals surface area contributed by atoms with Crippen LogP contribution >= 0.6 is 0 Å². The van der Waals surface area contributed by atoms with Crippen molar-refractivity contribution in [3.63, 3.8) is 0 Å². The van der Waals surface area contributed by atoms with Gasteiger partial charge in [0.1, 0.15) is 0 Å². The van der Waals surface area contributed by atoms with Crippen LogP contribution in [0, 0.1) is 13.8 Å². The summed E-state index contributed by atoms with van der Waals surface area (Å²) in [5, 5.41) is 0. The van der Waals surface area contributed by atoms with Gasteiger partial charge >= 0.3 is 0 Å². The molecule has 0 aliphatic carbocycles. The molecule has 0 heterocycles. The number of hydrogen-bond acceptors (Lipinski definition) is 1. The minimum atomic E-state index is 0.869. The predicted octanol–water partition coefficient (Wildman–Crippen LogP) is 5.00. The molecular formula is C17H31N. The summed E-state index contributed by atoms with van der Waals surface area (Å²) in [5.41, 5.74) is 8.03. The molecule has 104 valence electrons. The third kappa shape index (κ3) is 11.7. The molecule has 0 aliphatic heterocycles. The van der Waals surface area contributed by atoms with Crippen LogP contribution in [0.15, 0.2) is 24.3 Å². The molecule has 0 radical (unpaired) electrons. The first kappa shape index (κ1) is 17.2. The third-order valence-corrected chi connectivity index (χ3v) is 3.03. The lowest BCUT2D eigenvalue weighted by molar-refractivity contribution is 0.593. The van der Waals surface area contributed by atoms with Crippen LogP contribution in [0.5, 0.6) is 0 Å². The normalized spacial score (nSPS) is 9.78. The molecule has 0 aromatic heterocycles. The van der Waals surface area contributed by atoms with E-state index < -0.39 is 0 Å². The lowest BCUT2D eigenvalue weighted by atomic mass is 10.1. The Balaban J connectivity index is 0.000000327. The fourth-order valence-electron chi connectivity index (χ4n) is 1.74. The van der Waals surface area contributed by atoms with Crippen LogP contribution in [0.1, 0.15) is 63.0 Å². The Labute approximate surface area is 114 Å². The van der Waals surface area contributed by atoms with Crippen LogP contribution in [0.2, 0.25) is 0 Å². The Morgan fingerprint density at radius 1 is 0.722 bits per heavy atom. The molecule has 1 heteroatoms. The molecule has 1 aromatic rings. The maximum absolute atomic E-state index is 5.37. The van der Waals surface area contributed by atoms with Crippen molar-refractivity contribution in [3.05, 3.63) is 35.4 Å². The molecule has 2 N–H and O–H groups in total. The van der Waals surface area contributed by atoms with E-state index in [0.717, 1.165) is 6.54 Å². The Bertz CT molecular complexity index is 234. The first-order valence-corrected chi connectivity index (χ1v) is 7.44. The number of nitrogens with two attached hydrogens (primary N) is 1. The van der Waals surface area contributed by atoms with E-state index in [1.165, 1.54) is 56.1 Å². The first-order chi connectivity index (χ1) is 8.70. The Morgan fingerprint density at radius 3 is 1.50 bits per heavy atom. The molecule has 0 aliphatic rings. The molecule has 0 unspecified atom stereocenters. The van der Waals surface area contributed by atoms with Gasteiger partial charge < -0.3 is 5.73 Å². The Hall–Kier alpha value is -0.820. The molecule has 0 spiro atoms. The van der Waals surface area contributed by atoms with Crippen LogP contribution < -0.4 is 5.73 Å². The van der Waals surface area contributed by atoms with E-state index in [1.807, 2.05) is 0 Å². The average Bonchev–Trinajstić information content (AvgIpc) is 2.38. The number of unbranched alkanes of at least 4 members (excludes halogenated alkanes) is 6.